The summed E-state index contributed by atoms with van der Waals surface area (Å²) < 4.78 is 23.1. The number of nitrogens with one attached hydrogen (secondary N) is 1. The predicted molar refractivity (Wildman–Crippen MR) is 107 cm³/mol. The number of likely N-dealkylation sites (N-methyl/N-ethyl adjacent to an activating group) is 1. The number of piperazine rings is 1. The van der Waals surface area contributed by atoms with Gasteiger partial charge in [-0.15, -0.1) is 24.0 Å². The van der Waals surface area contributed by atoms with Crippen molar-refractivity contribution < 1.29 is 13.2 Å². The van der Waals surface area contributed by atoms with E-state index in [1.54, 1.807) is 0 Å². The van der Waals surface area contributed by atoms with Gasteiger partial charge < -0.3 is 15.1 Å². The lowest BCUT2D eigenvalue weighted by atomic mass is 10.1. The highest BCUT2D eigenvalue weighted by Crippen LogP contribution is 2.18. The number of halogens is 1. The molecule has 2 fully saturated rings. The summed E-state index contributed by atoms with van der Waals surface area (Å²) in [5, 5.41) is 3.29. The van der Waals surface area contributed by atoms with Gasteiger partial charge in [-0.25, -0.2) is 8.42 Å². The van der Waals surface area contributed by atoms with Crippen LogP contribution in [0.15, 0.2) is 4.99 Å². The molecule has 2 rings (SSSR count). The molecule has 1 N–H and O–H groups in total. The molecule has 2 aliphatic rings. The van der Waals surface area contributed by atoms with Gasteiger partial charge in [0.15, 0.2) is 15.8 Å². The Morgan fingerprint density at radius 1 is 1.33 bits per heavy atom. The first-order chi connectivity index (χ1) is 10.9. The van der Waals surface area contributed by atoms with Gasteiger partial charge in [-0.3, -0.25) is 9.79 Å². The average molecular weight is 472 g/mol. The summed E-state index contributed by atoms with van der Waals surface area (Å²) in [5.41, 5.74) is 0. The summed E-state index contributed by atoms with van der Waals surface area (Å²) in [5.74, 6) is 1.47. The van der Waals surface area contributed by atoms with Gasteiger partial charge in [0, 0.05) is 32.7 Å². The van der Waals surface area contributed by atoms with Gasteiger partial charge in [-0.2, -0.15) is 0 Å². The first kappa shape index (κ1) is 21.5. The van der Waals surface area contributed by atoms with Crippen molar-refractivity contribution in [2.75, 3.05) is 50.8 Å². The predicted octanol–water partition coefficient (Wildman–Crippen LogP) is 0.559. The van der Waals surface area contributed by atoms with Crippen LogP contribution in [0.1, 0.15) is 26.7 Å². The van der Waals surface area contributed by atoms with Gasteiger partial charge in [-0.05, 0) is 25.7 Å². The van der Waals surface area contributed by atoms with Crippen LogP contribution >= 0.6 is 24.0 Å². The molecule has 1 unspecified atom stereocenters. The van der Waals surface area contributed by atoms with Crippen molar-refractivity contribution in [3.63, 3.8) is 0 Å². The van der Waals surface area contributed by atoms with Crippen molar-refractivity contribution in [2.45, 2.75) is 26.7 Å². The molecular formula is C15H29IN4O3S. The quantitative estimate of drug-likeness (QED) is 0.359. The van der Waals surface area contributed by atoms with E-state index >= 15 is 0 Å². The Bertz CT molecular complexity index is 553. The molecule has 1 amide bonds. The number of rotatable bonds is 5. The van der Waals surface area contributed by atoms with Crippen molar-refractivity contribution in [2.24, 2.45) is 10.9 Å². The van der Waals surface area contributed by atoms with Crippen LogP contribution in [-0.4, -0.2) is 80.9 Å². The number of guanidine groups is 1. The molecule has 0 aliphatic carbocycles. The maximum atomic E-state index is 12.1. The topological polar surface area (TPSA) is 82.1 Å². The zero-order chi connectivity index (χ0) is 16.9. The summed E-state index contributed by atoms with van der Waals surface area (Å²) in [7, 11) is -2.87. The number of aliphatic imine (C=N–C) groups is 1. The Morgan fingerprint density at radius 3 is 2.62 bits per heavy atom. The number of amides is 1. The highest BCUT2D eigenvalue weighted by molar-refractivity contribution is 14.0. The fourth-order valence-electron chi connectivity index (χ4n) is 2.96. The minimum absolute atomic E-state index is 0. The maximum absolute atomic E-state index is 12.1. The Labute approximate surface area is 162 Å². The molecule has 2 saturated heterocycles. The van der Waals surface area contributed by atoms with Gasteiger partial charge in [0.05, 0.1) is 18.1 Å². The van der Waals surface area contributed by atoms with Crippen molar-refractivity contribution >= 4 is 45.7 Å². The molecule has 1 atom stereocenters. The molecule has 24 heavy (non-hydrogen) atoms. The van der Waals surface area contributed by atoms with Crippen LogP contribution in [0.5, 0.6) is 0 Å². The van der Waals surface area contributed by atoms with E-state index in [4.69, 9.17) is 0 Å². The second-order valence-corrected chi connectivity index (χ2v) is 8.48. The maximum Gasteiger partial charge on any atom is 0.242 e. The number of hydrogen-bond acceptors (Lipinski definition) is 4. The molecule has 2 heterocycles. The summed E-state index contributed by atoms with van der Waals surface area (Å²) in [6.45, 7) is 7.91. The lowest BCUT2D eigenvalue weighted by Crippen LogP contribution is -2.55. The summed E-state index contributed by atoms with van der Waals surface area (Å²) in [6.07, 6.45) is 1.66. The van der Waals surface area contributed by atoms with E-state index < -0.39 is 9.84 Å². The number of carbonyl (C=O) groups excluding carboxylic acids is 1. The van der Waals surface area contributed by atoms with Gasteiger partial charge in [0.1, 0.15) is 0 Å². The molecule has 0 saturated carbocycles. The zero-order valence-electron chi connectivity index (χ0n) is 14.5. The van der Waals surface area contributed by atoms with Gasteiger partial charge >= 0.3 is 0 Å². The smallest absolute Gasteiger partial charge is 0.242 e. The van der Waals surface area contributed by atoms with E-state index in [-0.39, 0.29) is 47.3 Å². The Balaban J connectivity index is 0.00000288. The average Bonchev–Trinajstić information content (AvgIpc) is 2.86. The van der Waals surface area contributed by atoms with Crippen LogP contribution in [0.3, 0.4) is 0 Å². The van der Waals surface area contributed by atoms with Crippen LogP contribution in [0.4, 0.5) is 0 Å². The molecule has 140 valence electrons. The number of hydrogen-bond donors (Lipinski definition) is 1. The summed E-state index contributed by atoms with van der Waals surface area (Å²) in [4.78, 5) is 20.5. The molecule has 0 bridgehead atoms. The van der Waals surface area contributed by atoms with Crippen LogP contribution in [0, 0.1) is 5.92 Å². The molecule has 0 aromatic carbocycles. The third-order valence-electron chi connectivity index (χ3n) is 4.36. The van der Waals surface area contributed by atoms with Crippen molar-refractivity contribution in [3.8, 4) is 0 Å². The monoisotopic (exact) mass is 472 g/mol. The summed E-state index contributed by atoms with van der Waals surface area (Å²) >= 11 is 0. The zero-order valence-corrected chi connectivity index (χ0v) is 17.7. The van der Waals surface area contributed by atoms with Crippen LogP contribution in [0.2, 0.25) is 0 Å². The van der Waals surface area contributed by atoms with E-state index in [1.807, 2.05) is 16.7 Å². The van der Waals surface area contributed by atoms with E-state index in [9.17, 15) is 13.2 Å². The first-order valence-corrected chi connectivity index (χ1v) is 10.3. The molecule has 0 aromatic rings. The highest BCUT2D eigenvalue weighted by Gasteiger charge is 2.29. The third kappa shape index (κ3) is 6.05. The number of sulfone groups is 1. The minimum Gasteiger partial charge on any atom is -0.356 e. The second kappa shape index (κ2) is 9.79. The van der Waals surface area contributed by atoms with Crippen LogP contribution < -0.4 is 5.32 Å². The van der Waals surface area contributed by atoms with E-state index in [1.165, 1.54) is 0 Å². The van der Waals surface area contributed by atoms with Gasteiger partial charge in [0.25, 0.3) is 0 Å². The molecule has 9 heteroatoms. The van der Waals surface area contributed by atoms with Crippen LogP contribution in [0.25, 0.3) is 0 Å². The van der Waals surface area contributed by atoms with Gasteiger partial charge in [0.2, 0.25) is 5.91 Å². The SMILES string of the molecule is CCCNC(=NCC1CCS(=O)(=O)C1)N1CCN(CC)C(=O)C1.I. The Morgan fingerprint density at radius 2 is 2.08 bits per heavy atom. The summed E-state index contributed by atoms with van der Waals surface area (Å²) in [6, 6.07) is 0. The Hall–Kier alpha value is -0.580. The molecule has 0 spiro atoms. The molecular weight excluding hydrogens is 443 g/mol. The molecule has 7 nitrogen and oxygen atoms in total. The van der Waals surface area contributed by atoms with Crippen LogP contribution in [-0.2, 0) is 14.6 Å². The number of nitrogens with zero attached hydrogens (tertiary/aromatic N) is 3. The highest BCUT2D eigenvalue weighted by atomic mass is 127. The van der Waals surface area contributed by atoms with E-state index in [2.05, 4.69) is 17.2 Å². The Kier molecular flexibility index (Phi) is 8.75. The van der Waals surface area contributed by atoms with E-state index in [0.717, 1.165) is 32.0 Å². The fourth-order valence-corrected chi connectivity index (χ4v) is 4.81. The van der Waals surface area contributed by atoms with E-state index in [0.29, 0.717) is 26.1 Å². The molecule has 0 radical (unpaired) electrons. The largest absolute Gasteiger partial charge is 0.356 e. The molecule has 0 aromatic heterocycles. The number of carbonyl (C=O) groups is 1. The van der Waals surface area contributed by atoms with Crippen molar-refractivity contribution in [1.82, 2.24) is 15.1 Å². The second-order valence-electron chi connectivity index (χ2n) is 6.26. The normalized spacial score (nSPS) is 24.0. The third-order valence-corrected chi connectivity index (χ3v) is 6.20. The molecule has 2 aliphatic heterocycles. The van der Waals surface area contributed by atoms with Crippen molar-refractivity contribution in [1.29, 1.82) is 0 Å². The fraction of sp³-hybridized carbons (Fsp3) is 0.867. The lowest BCUT2D eigenvalue weighted by molar-refractivity contribution is -0.134. The first-order valence-electron chi connectivity index (χ1n) is 8.46. The van der Waals surface area contributed by atoms with Crippen molar-refractivity contribution in [3.05, 3.63) is 0 Å². The lowest BCUT2D eigenvalue weighted by Gasteiger charge is -2.35. The standard InChI is InChI=1S/C15H28N4O3S.HI/c1-3-6-16-15(17-10-13-5-9-23(21,22)12-13)19-8-7-18(4-2)14(20)11-19;/h13H,3-12H2,1-2H3,(H,16,17);1H. The van der Waals surface area contributed by atoms with Gasteiger partial charge in [-0.1, -0.05) is 6.92 Å². The minimum atomic E-state index is -2.87.